The standard InChI is InChI=1S/C13H16N2/c1-3-15-11(2)8-9-12-6-4-5-7-13(12)10-14/h4-9,11,15H,3H2,1-2H3/b9-8+. The molecule has 78 valence electrons. The second-order valence-electron chi connectivity index (χ2n) is 3.40. The van der Waals surface area contributed by atoms with Gasteiger partial charge in [0.15, 0.2) is 0 Å². The van der Waals surface area contributed by atoms with E-state index in [4.69, 9.17) is 5.26 Å². The molecule has 0 heterocycles. The number of hydrogen-bond donors (Lipinski definition) is 1. The summed E-state index contributed by atoms with van der Waals surface area (Å²) in [6, 6.07) is 10.1. The Morgan fingerprint density at radius 2 is 2.20 bits per heavy atom. The smallest absolute Gasteiger partial charge is 0.0997 e. The molecule has 1 atom stereocenters. The molecule has 1 aromatic rings. The van der Waals surface area contributed by atoms with Gasteiger partial charge in [0.25, 0.3) is 0 Å². The van der Waals surface area contributed by atoms with Crippen LogP contribution in [0.2, 0.25) is 0 Å². The van der Waals surface area contributed by atoms with Gasteiger partial charge in [-0.2, -0.15) is 5.26 Å². The van der Waals surface area contributed by atoms with Crippen molar-refractivity contribution in [2.24, 2.45) is 0 Å². The number of nitrogens with zero attached hydrogens (tertiary/aromatic N) is 1. The first-order valence-corrected chi connectivity index (χ1v) is 5.18. The SMILES string of the molecule is CCNC(C)/C=C/c1ccccc1C#N. The van der Waals surface area contributed by atoms with Gasteiger partial charge < -0.3 is 5.32 Å². The highest BCUT2D eigenvalue weighted by atomic mass is 14.9. The molecule has 1 unspecified atom stereocenters. The van der Waals surface area contributed by atoms with Crippen molar-refractivity contribution < 1.29 is 0 Å². The number of hydrogen-bond acceptors (Lipinski definition) is 2. The molecule has 2 heteroatoms. The minimum absolute atomic E-state index is 0.335. The summed E-state index contributed by atoms with van der Waals surface area (Å²) in [5, 5.41) is 12.2. The average molecular weight is 200 g/mol. The summed E-state index contributed by atoms with van der Waals surface area (Å²) in [5.74, 6) is 0. The fourth-order valence-corrected chi connectivity index (χ4v) is 1.38. The van der Waals surface area contributed by atoms with E-state index in [2.05, 4.69) is 31.3 Å². The third kappa shape index (κ3) is 3.57. The van der Waals surface area contributed by atoms with Crippen molar-refractivity contribution in [1.29, 1.82) is 5.26 Å². The lowest BCUT2D eigenvalue weighted by molar-refractivity contribution is 0.663. The molecule has 0 radical (unpaired) electrons. The van der Waals surface area contributed by atoms with Crippen LogP contribution in [-0.4, -0.2) is 12.6 Å². The van der Waals surface area contributed by atoms with Gasteiger partial charge in [0, 0.05) is 6.04 Å². The van der Waals surface area contributed by atoms with Crippen molar-refractivity contribution in [2.45, 2.75) is 19.9 Å². The molecule has 0 spiro atoms. The monoisotopic (exact) mass is 200 g/mol. The van der Waals surface area contributed by atoms with E-state index in [9.17, 15) is 0 Å². The highest BCUT2D eigenvalue weighted by Crippen LogP contribution is 2.09. The minimum Gasteiger partial charge on any atom is -0.311 e. The maximum atomic E-state index is 8.89. The van der Waals surface area contributed by atoms with Crippen LogP contribution in [0.1, 0.15) is 25.0 Å². The summed E-state index contributed by atoms with van der Waals surface area (Å²) in [4.78, 5) is 0. The molecule has 1 N–H and O–H groups in total. The number of rotatable bonds is 4. The van der Waals surface area contributed by atoms with Crippen LogP contribution in [0.3, 0.4) is 0 Å². The van der Waals surface area contributed by atoms with Crippen LogP contribution >= 0.6 is 0 Å². The van der Waals surface area contributed by atoms with E-state index in [0.717, 1.165) is 17.7 Å². The van der Waals surface area contributed by atoms with Crippen molar-refractivity contribution in [3.63, 3.8) is 0 Å². The summed E-state index contributed by atoms with van der Waals surface area (Å²) in [6.07, 6.45) is 4.06. The lowest BCUT2D eigenvalue weighted by Crippen LogP contribution is -2.22. The van der Waals surface area contributed by atoms with E-state index in [-0.39, 0.29) is 0 Å². The van der Waals surface area contributed by atoms with Crippen molar-refractivity contribution >= 4 is 6.08 Å². The van der Waals surface area contributed by atoms with Crippen LogP contribution in [0.4, 0.5) is 0 Å². The second-order valence-corrected chi connectivity index (χ2v) is 3.40. The second kappa shape index (κ2) is 6.00. The van der Waals surface area contributed by atoms with E-state index in [1.165, 1.54) is 0 Å². The Labute approximate surface area is 91.2 Å². The molecule has 2 nitrogen and oxygen atoms in total. The first-order chi connectivity index (χ1) is 7.27. The molecular formula is C13H16N2. The van der Waals surface area contributed by atoms with E-state index in [1.807, 2.05) is 30.3 Å². The molecule has 1 aromatic carbocycles. The van der Waals surface area contributed by atoms with Gasteiger partial charge in [-0.3, -0.25) is 0 Å². The molecule has 0 fully saturated rings. The summed E-state index contributed by atoms with van der Waals surface area (Å²) in [7, 11) is 0. The molecular weight excluding hydrogens is 184 g/mol. The predicted octanol–water partition coefficient (Wildman–Crippen LogP) is 2.57. The third-order valence-electron chi connectivity index (χ3n) is 2.17. The Kier molecular flexibility index (Phi) is 4.59. The highest BCUT2D eigenvalue weighted by molar-refractivity contribution is 5.58. The van der Waals surface area contributed by atoms with Crippen LogP contribution < -0.4 is 5.32 Å². The van der Waals surface area contributed by atoms with Crippen LogP contribution in [0, 0.1) is 11.3 Å². The van der Waals surface area contributed by atoms with E-state index in [0.29, 0.717) is 6.04 Å². The molecule has 0 bridgehead atoms. The lowest BCUT2D eigenvalue weighted by atomic mass is 10.1. The highest BCUT2D eigenvalue weighted by Gasteiger charge is 1.97. The zero-order valence-electron chi connectivity index (χ0n) is 9.20. The van der Waals surface area contributed by atoms with Gasteiger partial charge in [0.2, 0.25) is 0 Å². The van der Waals surface area contributed by atoms with Gasteiger partial charge in [-0.25, -0.2) is 0 Å². The number of benzene rings is 1. The molecule has 0 aliphatic heterocycles. The molecule has 15 heavy (non-hydrogen) atoms. The predicted molar refractivity (Wildman–Crippen MR) is 63.3 cm³/mol. The van der Waals surface area contributed by atoms with Gasteiger partial charge in [-0.1, -0.05) is 37.3 Å². The molecule has 0 amide bonds. The fourth-order valence-electron chi connectivity index (χ4n) is 1.38. The average Bonchev–Trinajstić information content (AvgIpc) is 2.27. The van der Waals surface area contributed by atoms with E-state index < -0.39 is 0 Å². The van der Waals surface area contributed by atoms with Gasteiger partial charge in [0.1, 0.15) is 0 Å². The molecule has 0 aromatic heterocycles. The van der Waals surface area contributed by atoms with Crippen molar-refractivity contribution in [2.75, 3.05) is 6.54 Å². The summed E-state index contributed by atoms with van der Waals surface area (Å²) in [5.41, 5.74) is 1.70. The minimum atomic E-state index is 0.335. The summed E-state index contributed by atoms with van der Waals surface area (Å²) in [6.45, 7) is 5.12. The Hall–Kier alpha value is -1.59. The molecule has 0 aliphatic carbocycles. The Balaban J connectivity index is 2.76. The normalized spacial score (nSPS) is 12.6. The summed E-state index contributed by atoms with van der Waals surface area (Å²) >= 11 is 0. The zero-order valence-corrected chi connectivity index (χ0v) is 9.20. The molecule has 1 rings (SSSR count). The van der Waals surface area contributed by atoms with E-state index in [1.54, 1.807) is 0 Å². The van der Waals surface area contributed by atoms with Crippen LogP contribution in [0.5, 0.6) is 0 Å². The Morgan fingerprint density at radius 3 is 2.87 bits per heavy atom. The zero-order chi connectivity index (χ0) is 11.1. The maximum absolute atomic E-state index is 8.89. The van der Waals surface area contributed by atoms with Crippen molar-refractivity contribution in [3.05, 3.63) is 41.5 Å². The fraction of sp³-hybridized carbons (Fsp3) is 0.308. The molecule has 0 saturated carbocycles. The molecule has 0 saturated heterocycles. The molecule has 0 aliphatic rings. The number of nitrogens with one attached hydrogen (secondary N) is 1. The first kappa shape index (κ1) is 11.5. The first-order valence-electron chi connectivity index (χ1n) is 5.18. The van der Waals surface area contributed by atoms with Crippen molar-refractivity contribution in [1.82, 2.24) is 5.32 Å². The number of likely N-dealkylation sites (N-methyl/N-ethyl adjacent to an activating group) is 1. The lowest BCUT2D eigenvalue weighted by Gasteiger charge is -2.05. The topological polar surface area (TPSA) is 35.8 Å². The van der Waals surface area contributed by atoms with Crippen molar-refractivity contribution in [3.8, 4) is 6.07 Å². The third-order valence-corrected chi connectivity index (χ3v) is 2.17. The largest absolute Gasteiger partial charge is 0.311 e. The van der Waals surface area contributed by atoms with Gasteiger partial charge >= 0.3 is 0 Å². The van der Waals surface area contributed by atoms with Gasteiger partial charge in [-0.05, 0) is 25.1 Å². The Morgan fingerprint density at radius 1 is 1.47 bits per heavy atom. The number of nitriles is 1. The van der Waals surface area contributed by atoms with Gasteiger partial charge in [-0.15, -0.1) is 0 Å². The van der Waals surface area contributed by atoms with E-state index >= 15 is 0 Å². The van der Waals surface area contributed by atoms with Crippen LogP contribution in [0.25, 0.3) is 6.08 Å². The Bertz CT molecular complexity index is 374. The van der Waals surface area contributed by atoms with Crippen LogP contribution in [-0.2, 0) is 0 Å². The maximum Gasteiger partial charge on any atom is 0.0997 e. The van der Waals surface area contributed by atoms with Crippen LogP contribution in [0.15, 0.2) is 30.3 Å². The quantitative estimate of drug-likeness (QED) is 0.810. The van der Waals surface area contributed by atoms with Gasteiger partial charge in [0.05, 0.1) is 11.6 Å². The summed E-state index contributed by atoms with van der Waals surface area (Å²) < 4.78 is 0.